The molecule has 3 N–H and O–H groups in total. The first kappa shape index (κ1) is 19.4. The van der Waals surface area contributed by atoms with Gasteiger partial charge in [0, 0.05) is 23.3 Å². The number of anilines is 1. The van der Waals surface area contributed by atoms with Gasteiger partial charge < -0.3 is 15.7 Å². The van der Waals surface area contributed by atoms with Crippen molar-refractivity contribution in [3.05, 3.63) is 16.0 Å². The highest BCUT2D eigenvalue weighted by Gasteiger charge is 2.25. The first-order valence-corrected chi connectivity index (χ1v) is 9.60. The van der Waals surface area contributed by atoms with E-state index in [0.717, 1.165) is 36.1 Å². The zero-order chi connectivity index (χ0) is 18.6. The molecule has 25 heavy (non-hydrogen) atoms. The highest BCUT2D eigenvalue weighted by Crippen LogP contribution is 2.33. The van der Waals surface area contributed by atoms with Gasteiger partial charge in [0.25, 0.3) is 0 Å². The van der Waals surface area contributed by atoms with Crippen molar-refractivity contribution >= 4 is 34.1 Å². The van der Waals surface area contributed by atoms with Crippen LogP contribution in [-0.4, -0.2) is 28.9 Å². The lowest BCUT2D eigenvalue weighted by Gasteiger charge is -2.16. The number of hydrogen-bond donors (Lipinski definition) is 3. The van der Waals surface area contributed by atoms with Gasteiger partial charge in [0.1, 0.15) is 5.00 Å². The monoisotopic (exact) mass is 366 g/mol. The minimum Gasteiger partial charge on any atom is -0.478 e. The Bertz CT molecular complexity index is 662. The van der Waals surface area contributed by atoms with E-state index in [1.165, 1.54) is 11.3 Å². The Labute approximate surface area is 152 Å². The third kappa shape index (κ3) is 4.81. The van der Waals surface area contributed by atoms with Gasteiger partial charge in [-0.25, -0.2) is 4.79 Å². The van der Waals surface area contributed by atoms with Gasteiger partial charge in [-0.3, -0.25) is 9.59 Å². The summed E-state index contributed by atoms with van der Waals surface area (Å²) >= 11 is 1.28. The van der Waals surface area contributed by atoms with Gasteiger partial charge in [-0.15, -0.1) is 11.3 Å². The number of aryl methyl sites for hydroxylation is 1. The van der Waals surface area contributed by atoms with Crippen LogP contribution < -0.4 is 10.6 Å². The van der Waals surface area contributed by atoms with E-state index in [-0.39, 0.29) is 35.8 Å². The number of carboxylic acid groups (broad SMARTS) is 1. The fourth-order valence-corrected chi connectivity index (χ4v) is 4.53. The van der Waals surface area contributed by atoms with E-state index in [1.807, 2.05) is 13.8 Å². The van der Waals surface area contributed by atoms with E-state index >= 15 is 0 Å². The van der Waals surface area contributed by atoms with Crippen LogP contribution in [0.3, 0.4) is 0 Å². The van der Waals surface area contributed by atoms with E-state index in [1.54, 1.807) is 6.92 Å². The molecule has 1 aromatic rings. The maximum absolute atomic E-state index is 12.3. The molecule has 0 spiro atoms. The largest absolute Gasteiger partial charge is 0.478 e. The minimum atomic E-state index is -1.03. The van der Waals surface area contributed by atoms with E-state index in [4.69, 9.17) is 0 Å². The molecule has 1 aromatic heterocycles. The molecule has 7 heteroatoms. The van der Waals surface area contributed by atoms with Crippen LogP contribution in [0.2, 0.25) is 0 Å². The van der Waals surface area contributed by atoms with Crippen molar-refractivity contribution in [3.8, 4) is 0 Å². The van der Waals surface area contributed by atoms with Gasteiger partial charge in [0.05, 0.1) is 5.56 Å². The lowest BCUT2D eigenvalue weighted by atomic mass is 10.1. The summed E-state index contributed by atoms with van der Waals surface area (Å²) < 4.78 is 0. The zero-order valence-corrected chi connectivity index (χ0v) is 15.8. The summed E-state index contributed by atoms with van der Waals surface area (Å²) in [4.78, 5) is 36.8. The molecule has 1 aliphatic rings. The van der Waals surface area contributed by atoms with Gasteiger partial charge in [-0.05, 0) is 38.7 Å². The van der Waals surface area contributed by atoms with Crippen molar-refractivity contribution in [2.45, 2.75) is 65.3 Å². The lowest BCUT2D eigenvalue weighted by Crippen LogP contribution is -2.38. The average molecular weight is 366 g/mol. The van der Waals surface area contributed by atoms with Gasteiger partial charge in [0.15, 0.2) is 0 Å². The number of nitrogens with one attached hydrogen (secondary N) is 2. The number of rotatable bonds is 7. The SMILES string of the molecule is CCc1c(C)sc(NC(=O)CC(C)NC(=O)C2CCCC2)c1C(=O)O. The number of thiophene rings is 1. The number of hydrogen-bond acceptors (Lipinski definition) is 4. The van der Waals surface area contributed by atoms with Crippen LogP contribution in [0, 0.1) is 12.8 Å². The standard InChI is InChI=1S/C18H26N2O4S/c1-4-13-11(3)25-17(15(13)18(23)24)20-14(21)9-10(2)19-16(22)12-7-5-6-8-12/h10,12H,4-9H2,1-3H3,(H,19,22)(H,20,21)(H,23,24). The maximum Gasteiger partial charge on any atom is 0.339 e. The average Bonchev–Trinajstić information content (AvgIpc) is 3.14. The Hall–Kier alpha value is -1.89. The molecule has 2 amide bonds. The van der Waals surface area contributed by atoms with Crippen LogP contribution in [0.15, 0.2) is 0 Å². The van der Waals surface area contributed by atoms with Crippen molar-refractivity contribution < 1.29 is 19.5 Å². The number of carbonyl (C=O) groups is 3. The van der Waals surface area contributed by atoms with Gasteiger partial charge >= 0.3 is 5.97 Å². The molecule has 138 valence electrons. The second-order valence-electron chi connectivity index (χ2n) is 6.64. The Balaban J connectivity index is 1.95. The van der Waals surface area contributed by atoms with Crippen molar-refractivity contribution in [3.63, 3.8) is 0 Å². The topological polar surface area (TPSA) is 95.5 Å². The quantitative estimate of drug-likeness (QED) is 0.690. The third-order valence-corrected chi connectivity index (χ3v) is 5.70. The zero-order valence-electron chi connectivity index (χ0n) is 15.0. The first-order valence-electron chi connectivity index (χ1n) is 8.79. The van der Waals surface area contributed by atoms with E-state index in [2.05, 4.69) is 10.6 Å². The molecule has 1 aliphatic carbocycles. The van der Waals surface area contributed by atoms with Crippen LogP contribution in [0.1, 0.15) is 66.8 Å². The van der Waals surface area contributed by atoms with Crippen molar-refractivity contribution in [2.24, 2.45) is 5.92 Å². The Morgan fingerprint density at radius 2 is 1.92 bits per heavy atom. The minimum absolute atomic E-state index is 0.0178. The van der Waals surface area contributed by atoms with Crippen molar-refractivity contribution in [2.75, 3.05) is 5.32 Å². The summed E-state index contributed by atoms with van der Waals surface area (Å²) in [5.74, 6) is -1.23. The van der Waals surface area contributed by atoms with Crippen LogP contribution in [0.25, 0.3) is 0 Å². The molecule has 0 aromatic carbocycles. The molecule has 0 radical (unpaired) electrons. The second-order valence-corrected chi connectivity index (χ2v) is 7.87. The Morgan fingerprint density at radius 3 is 2.48 bits per heavy atom. The molecule has 1 saturated carbocycles. The van der Waals surface area contributed by atoms with E-state index in [0.29, 0.717) is 11.4 Å². The summed E-state index contributed by atoms with van der Waals surface area (Å²) in [6.45, 7) is 5.55. The fraction of sp³-hybridized carbons (Fsp3) is 0.611. The molecule has 0 saturated heterocycles. The van der Waals surface area contributed by atoms with Crippen molar-refractivity contribution in [1.29, 1.82) is 0 Å². The predicted octanol–water partition coefficient (Wildman–Crippen LogP) is 3.34. The molecule has 1 atom stereocenters. The summed E-state index contributed by atoms with van der Waals surface area (Å²) in [5, 5.41) is 15.4. The number of carbonyl (C=O) groups excluding carboxylic acids is 2. The normalized spacial score (nSPS) is 15.8. The van der Waals surface area contributed by atoms with Crippen LogP contribution in [0.4, 0.5) is 5.00 Å². The summed E-state index contributed by atoms with van der Waals surface area (Å²) in [5.41, 5.74) is 0.941. The fourth-order valence-electron chi connectivity index (χ4n) is 3.37. The Kier molecular flexibility index (Phi) is 6.58. The number of carboxylic acids is 1. The van der Waals surface area contributed by atoms with Gasteiger partial charge in [-0.1, -0.05) is 19.8 Å². The third-order valence-electron chi connectivity index (χ3n) is 4.64. The molecule has 0 bridgehead atoms. The smallest absolute Gasteiger partial charge is 0.339 e. The highest BCUT2D eigenvalue weighted by molar-refractivity contribution is 7.16. The predicted molar refractivity (Wildman–Crippen MR) is 98.2 cm³/mol. The first-order chi connectivity index (χ1) is 11.8. The molecule has 1 unspecified atom stereocenters. The van der Waals surface area contributed by atoms with Crippen LogP contribution in [-0.2, 0) is 16.0 Å². The number of amides is 2. The van der Waals surface area contributed by atoms with Crippen LogP contribution >= 0.6 is 11.3 Å². The molecule has 1 fully saturated rings. The molecular weight excluding hydrogens is 340 g/mol. The summed E-state index contributed by atoms with van der Waals surface area (Å²) in [7, 11) is 0. The van der Waals surface area contributed by atoms with Gasteiger partial charge in [-0.2, -0.15) is 0 Å². The van der Waals surface area contributed by atoms with E-state index in [9.17, 15) is 19.5 Å². The summed E-state index contributed by atoms with van der Waals surface area (Å²) in [6.07, 6.45) is 4.73. The Morgan fingerprint density at radius 1 is 1.28 bits per heavy atom. The van der Waals surface area contributed by atoms with E-state index < -0.39 is 5.97 Å². The lowest BCUT2D eigenvalue weighted by molar-refractivity contribution is -0.125. The molecule has 1 heterocycles. The maximum atomic E-state index is 12.3. The highest BCUT2D eigenvalue weighted by atomic mass is 32.1. The molecule has 6 nitrogen and oxygen atoms in total. The molecule has 2 rings (SSSR count). The molecular formula is C18H26N2O4S. The number of aromatic carboxylic acids is 1. The van der Waals surface area contributed by atoms with Crippen LogP contribution in [0.5, 0.6) is 0 Å². The summed E-state index contributed by atoms with van der Waals surface area (Å²) in [6, 6.07) is -0.284. The molecule has 0 aliphatic heterocycles. The van der Waals surface area contributed by atoms with Gasteiger partial charge in [0.2, 0.25) is 11.8 Å². The second kappa shape index (κ2) is 8.47. The van der Waals surface area contributed by atoms with Crippen molar-refractivity contribution in [1.82, 2.24) is 5.32 Å².